The third kappa shape index (κ3) is 4.08. The second-order valence-electron chi connectivity index (χ2n) is 5.61. The standard InChI is InChI=1S/C14H21F2N/c1-10(14(2,3)4)8-17-9-11-6-5-7-12(15)13(11)16/h5-7,10,17H,8-9H2,1-4H3. The first-order chi connectivity index (χ1) is 7.82. The fraction of sp³-hybridized carbons (Fsp3) is 0.571. The molecule has 0 aliphatic carbocycles. The molecule has 1 rings (SSSR count). The second kappa shape index (κ2) is 5.58. The van der Waals surface area contributed by atoms with Gasteiger partial charge in [-0.25, -0.2) is 8.78 Å². The molecule has 1 aromatic rings. The van der Waals surface area contributed by atoms with Crippen LogP contribution in [0.2, 0.25) is 0 Å². The van der Waals surface area contributed by atoms with Crippen LogP contribution in [0.1, 0.15) is 33.3 Å². The van der Waals surface area contributed by atoms with Crippen molar-refractivity contribution in [2.24, 2.45) is 11.3 Å². The van der Waals surface area contributed by atoms with Crippen molar-refractivity contribution in [3.05, 3.63) is 35.4 Å². The summed E-state index contributed by atoms with van der Waals surface area (Å²) in [6.07, 6.45) is 0. The highest BCUT2D eigenvalue weighted by molar-refractivity contribution is 5.18. The highest BCUT2D eigenvalue weighted by Gasteiger charge is 2.19. The molecule has 0 saturated heterocycles. The molecule has 1 aromatic carbocycles. The van der Waals surface area contributed by atoms with Gasteiger partial charge in [0.15, 0.2) is 11.6 Å². The zero-order chi connectivity index (χ0) is 13.1. The van der Waals surface area contributed by atoms with Crippen molar-refractivity contribution in [1.29, 1.82) is 0 Å². The first-order valence-electron chi connectivity index (χ1n) is 5.96. The molecule has 0 aliphatic heterocycles. The van der Waals surface area contributed by atoms with Gasteiger partial charge in [0.05, 0.1) is 0 Å². The normalized spacial score (nSPS) is 13.8. The lowest BCUT2D eigenvalue weighted by atomic mass is 9.82. The van der Waals surface area contributed by atoms with E-state index in [1.807, 2.05) is 0 Å². The van der Waals surface area contributed by atoms with E-state index in [2.05, 4.69) is 33.0 Å². The van der Waals surface area contributed by atoms with Crippen LogP contribution in [0.15, 0.2) is 18.2 Å². The maximum Gasteiger partial charge on any atom is 0.163 e. The second-order valence-corrected chi connectivity index (χ2v) is 5.61. The predicted octanol–water partition coefficient (Wildman–Crippen LogP) is 3.74. The van der Waals surface area contributed by atoms with Gasteiger partial charge < -0.3 is 5.32 Å². The number of rotatable bonds is 4. The lowest BCUT2D eigenvalue weighted by Gasteiger charge is -2.27. The summed E-state index contributed by atoms with van der Waals surface area (Å²) in [4.78, 5) is 0. The molecule has 0 fully saturated rings. The minimum Gasteiger partial charge on any atom is -0.312 e. The van der Waals surface area contributed by atoms with E-state index < -0.39 is 11.6 Å². The van der Waals surface area contributed by atoms with Gasteiger partial charge in [0, 0.05) is 12.1 Å². The van der Waals surface area contributed by atoms with Crippen LogP contribution in [0.4, 0.5) is 8.78 Å². The molecular weight excluding hydrogens is 220 g/mol. The molecule has 0 saturated carbocycles. The zero-order valence-electron chi connectivity index (χ0n) is 11.0. The Balaban J connectivity index is 2.49. The summed E-state index contributed by atoms with van der Waals surface area (Å²) in [5.74, 6) is -1.06. The van der Waals surface area contributed by atoms with Gasteiger partial charge in [0.25, 0.3) is 0 Å². The van der Waals surface area contributed by atoms with Crippen molar-refractivity contribution in [2.75, 3.05) is 6.54 Å². The van der Waals surface area contributed by atoms with Gasteiger partial charge in [-0.05, 0) is 23.9 Å². The summed E-state index contributed by atoms with van der Waals surface area (Å²) in [6, 6.07) is 4.27. The molecule has 0 bridgehead atoms. The molecule has 0 radical (unpaired) electrons. The van der Waals surface area contributed by atoms with Gasteiger partial charge in [-0.1, -0.05) is 39.8 Å². The summed E-state index contributed by atoms with van der Waals surface area (Å²) in [5, 5.41) is 3.17. The van der Waals surface area contributed by atoms with Gasteiger partial charge in [-0.15, -0.1) is 0 Å². The molecule has 0 amide bonds. The summed E-state index contributed by atoms with van der Waals surface area (Å²) in [5.41, 5.74) is 0.596. The van der Waals surface area contributed by atoms with Crippen LogP contribution in [-0.4, -0.2) is 6.54 Å². The van der Waals surface area contributed by atoms with Crippen molar-refractivity contribution < 1.29 is 8.78 Å². The summed E-state index contributed by atoms with van der Waals surface area (Å²) >= 11 is 0. The molecule has 96 valence electrons. The van der Waals surface area contributed by atoms with Crippen LogP contribution in [0.5, 0.6) is 0 Å². The Morgan fingerprint density at radius 2 is 1.88 bits per heavy atom. The quantitative estimate of drug-likeness (QED) is 0.846. The number of hydrogen-bond donors (Lipinski definition) is 1. The van der Waals surface area contributed by atoms with Gasteiger partial charge in [0.1, 0.15) is 0 Å². The molecule has 1 nitrogen and oxygen atoms in total. The zero-order valence-corrected chi connectivity index (χ0v) is 11.0. The van der Waals surface area contributed by atoms with E-state index >= 15 is 0 Å². The predicted molar refractivity (Wildman–Crippen MR) is 66.7 cm³/mol. The maximum absolute atomic E-state index is 13.3. The summed E-state index contributed by atoms with van der Waals surface area (Å²) < 4.78 is 26.3. The molecule has 3 heteroatoms. The Morgan fingerprint density at radius 1 is 1.24 bits per heavy atom. The van der Waals surface area contributed by atoms with Crippen molar-refractivity contribution in [3.8, 4) is 0 Å². The van der Waals surface area contributed by atoms with E-state index in [-0.39, 0.29) is 5.41 Å². The Bertz CT molecular complexity index is 369. The van der Waals surface area contributed by atoms with Gasteiger partial charge in [-0.2, -0.15) is 0 Å². The molecular formula is C14H21F2N. The van der Waals surface area contributed by atoms with Gasteiger partial charge >= 0.3 is 0 Å². The lowest BCUT2D eigenvalue weighted by molar-refractivity contribution is 0.252. The molecule has 1 atom stereocenters. The minimum absolute atomic E-state index is 0.216. The number of halogens is 2. The largest absolute Gasteiger partial charge is 0.312 e. The molecule has 17 heavy (non-hydrogen) atoms. The third-order valence-corrected chi connectivity index (χ3v) is 3.28. The molecule has 1 unspecified atom stereocenters. The van der Waals surface area contributed by atoms with E-state index in [0.717, 1.165) is 12.6 Å². The van der Waals surface area contributed by atoms with Crippen LogP contribution in [0.25, 0.3) is 0 Å². The van der Waals surface area contributed by atoms with Crippen LogP contribution in [-0.2, 0) is 6.54 Å². The SMILES string of the molecule is CC(CNCc1cccc(F)c1F)C(C)(C)C. The van der Waals surface area contributed by atoms with Crippen LogP contribution >= 0.6 is 0 Å². The molecule has 1 N–H and O–H groups in total. The van der Waals surface area contributed by atoms with E-state index in [4.69, 9.17) is 0 Å². The van der Waals surface area contributed by atoms with E-state index in [9.17, 15) is 8.78 Å². The minimum atomic E-state index is -0.784. The Morgan fingerprint density at radius 3 is 2.47 bits per heavy atom. The van der Waals surface area contributed by atoms with Crippen molar-refractivity contribution in [3.63, 3.8) is 0 Å². The molecule has 0 spiro atoms. The van der Waals surface area contributed by atoms with Gasteiger partial charge in [-0.3, -0.25) is 0 Å². The average Bonchev–Trinajstić information content (AvgIpc) is 2.22. The van der Waals surface area contributed by atoms with Crippen LogP contribution in [0.3, 0.4) is 0 Å². The highest BCUT2D eigenvalue weighted by Crippen LogP contribution is 2.24. The fourth-order valence-electron chi connectivity index (χ4n) is 1.41. The smallest absolute Gasteiger partial charge is 0.163 e. The highest BCUT2D eigenvalue weighted by atomic mass is 19.2. The van der Waals surface area contributed by atoms with Crippen LogP contribution < -0.4 is 5.32 Å². The first-order valence-corrected chi connectivity index (χ1v) is 5.96. The van der Waals surface area contributed by atoms with Crippen LogP contribution in [0, 0.1) is 23.0 Å². The van der Waals surface area contributed by atoms with Crippen molar-refractivity contribution >= 4 is 0 Å². The fourth-order valence-corrected chi connectivity index (χ4v) is 1.41. The number of hydrogen-bond acceptors (Lipinski definition) is 1. The maximum atomic E-state index is 13.3. The Labute approximate surface area is 102 Å². The first kappa shape index (κ1) is 14.1. The molecule has 0 heterocycles. The Hall–Kier alpha value is -0.960. The number of nitrogens with one attached hydrogen (secondary N) is 1. The third-order valence-electron chi connectivity index (χ3n) is 3.28. The lowest BCUT2D eigenvalue weighted by Crippen LogP contribution is -2.29. The Kier molecular flexibility index (Phi) is 4.63. The summed E-state index contributed by atoms with van der Waals surface area (Å²) in [7, 11) is 0. The van der Waals surface area contributed by atoms with E-state index in [1.165, 1.54) is 6.07 Å². The van der Waals surface area contributed by atoms with Crippen molar-refractivity contribution in [2.45, 2.75) is 34.2 Å². The topological polar surface area (TPSA) is 12.0 Å². The summed E-state index contributed by atoms with van der Waals surface area (Å²) in [6.45, 7) is 9.81. The monoisotopic (exact) mass is 241 g/mol. The van der Waals surface area contributed by atoms with Gasteiger partial charge in [0.2, 0.25) is 0 Å². The molecule has 0 aliphatic rings. The van der Waals surface area contributed by atoms with E-state index in [1.54, 1.807) is 6.07 Å². The number of benzene rings is 1. The molecule has 0 aromatic heterocycles. The van der Waals surface area contributed by atoms with Crippen molar-refractivity contribution in [1.82, 2.24) is 5.32 Å². The van der Waals surface area contributed by atoms with E-state index in [0.29, 0.717) is 18.0 Å². The average molecular weight is 241 g/mol.